The molecule has 1 unspecified atom stereocenters. The van der Waals surface area contributed by atoms with Gasteiger partial charge in [-0.1, -0.05) is 26.0 Å². The Kier molecular flexibility index (Phi) is 5.87. The lowest BCUT2D eigenvalue weighted by Crippen LogP contribution is -2.15. The molecular weight excluding hydrogens is 331 g/mol. The van der Waals surface area contributed by atoms with Crippen molar-refractivity contribution in [3.05, 3.63) is 41.6 Å². The number of nitrogens with zero attached hydrogens (tertiary/aromatic N) is 2. The molecule has 0 spiro atoms. The van der Waals surface area contributed by atoms with Crippen LogP contribution in [0.5, 0.6) is 5.88 Å². The number of hydrogen-bond acceptors (Lipinski definition) is 4. The van der Waals surface area contributed by atoms with E-state index < -0.39 is 23.7 Å². The van der Waals surface area contributed by atoms with Crippen molar-refractivity contribution in [2.75, 3.05) is 5.32 Å². The summed E-state index contributed by atoms with van der Waals surface area (Å²) in [6.45, 7) is 7.53. The number of hydrogen-bond donors (Lipinski definition) is 1. The maximum absolute atomic E-state index is 13.0. The van der Waals surface area contributed by atoms with Crippen LogP contribution in [0.4, 0.5) is 24.8 Å². The number of alkyl halides is 3. The molecule has 0 aliphatic heterocycles. The van der Waals surface area contributed by atoms with Gasteiger partial charge in [-0.3, -0.25) is 0 Å². The van der Waals surface area contributed by atoms with Gasteiger partial charge >= 0.3 is 6.18 Å². The summed E-state index contributed by atoms with van der Waals surface area (Å²) in [6.07, 6.45) is -3.23. The molecule has 0 aliphatic carbocycles. The highest BCUT2D eigenvalue weighted by molar-refractivity contribution is 5.54. The second kappa shape index (κ2) is 7.72. The van der Waals surface area contributed by atoms with Gasteiger partial charge < -0.3 is 10.1 Å². The number of aromatic nitrogens is 2. The van der Waals surface area contributed by atoms with Crippen LogP contribution in [-0.2, 0) is 6.18 Å². The van der Waals surface area contributed by atoms with Crippen LogP contribution in [0.1, 0.15) is 51.2 Å². The number of benzene rings is 1. The van der Waals surface area contributed by atoms with Crippen molar-refractivity contribution in [3.63, 3.8) is 0 Å². The van der Waals surface area contributed by atoms with Crippen molar-refractivity contribution in [3.8, 4) is 5.88 Å². The highest BCUT2D eigenvalue weighted by atomic mass is 19.4. The van der Waals surface area contributed by atoms with E-state index in [1.165, 1.54) is 5.56 Å². The van der Waals surface area contributed by atoms with E-state index in [2.05, 4.69) is 29.1 Å². The summed E-state index contributed by atoms with van der Waals surface area (Å²) in [5.41, 5.74) is 0.909. The van der Waals surface area contributed by atoms with Crippen LogP contribution in [0.3, 0.4) is 0 Å². The first kappa shape index (κ1) is 19.0. The van der Waals surface area contributed by atoms with E-state index in [0.29, 0.717) is 11.6 Å². The second-order valence-electron chi connectivity index (χ2n) is 6.13. The largest absolute Gasteiger partial charge is 0.474 e. The topological polar surface area (TPSA) is 47.0 Å². The fraction of sp³-hybridized carbons (Fsp3) is 0.444. The molecule has 1 aromatic carbocycles. The van der Waals surface area contributed by atoms with E-state index in [1.807, 2.05) is 24.3 Å². The zero-order valence-electron chi connectivity index (χ0n) is 14.7. The van der Waals surface area contributed by atoms with E-state index in [-0.39, 0.29) is 5.95 Å². The van der Waals surface area contributed by atoms with Gasteiger partial charge in [0.15, 0.2) is 0 Å². The maximum Gasteiger partial charge on any atom is 0.423 e. The molecule has 2 rings (SSSR count). The van der Waals surface area contributed by atoms with Crippen LogP contribution >= 0.6 is 0 Å². The molecule has 0 fully saturated rings. The molecule has 1 N–H and O–H groups in total. The molecule has 1 heterocycles. The molecule has 4 nitrogen and oxygen atoms in total. The number of rotatable bonds is 6. The van der Waals surface area contributed by atoms with E-state index in [4.69, 9.17) is 4.74 Å². The molecular formula is C18H22F3N3O. The monoisotopic (exact) mass is 353 g/mol. The number of ether oxygens (including phenoxy) is 1. The van der Waals surface area contributed by atoms with Gasteiger partial charge in [0.05, 0.1) is 6.10 Å². The summed E-state index contributed by atoms with van der Waals surface area (Å²) < 4.78 is 44.3. The quantitative estimate of drug-likeness (QED) is 0.741. The van der Waals surface area contributed by atoms with Gasteiger partial charge in [0.25, 0.3) is 0 Å². The SMILES string of the molecule is CCC(C)c1ccc(Nc2ncc(C(F)(F)F)c(OC(C)C)n2)cc1. The minimum absolute atomic E-state index is 0.0555. The first-order chi connectivity index (χ1) is 11.7. The van der Waals surface area contributed by atoms with Crippen molar-refractivity contribution in [2.24, 2.45) is 0 Å². The van der Waals surface area contributed by atoms with Gasteiger partial charge in [0.2, 0.25) is 11.8 Å². The Bertz CT molecular complexity index is 700. The molecule has 136 valence electrons. The Morgan fingerprint density at radius 3 is 2.28 bits per heavy atom. The van der Waals surface area contributed by atoms with Gasteiger partial charge in [0.1, 0.15) is 5.56 Å². The zero-order valence-corrected chi connectivity index (χ0v) is 14.7. The molecule has 1 atom stereocenters. The van der Waals surface area contributed by atoms with Crippen LogP contribution in [0.2, 0.25) is 0 Å². The molecule has 7 heteroatoms. The number of anilines is 2. The fourth-order valence-electron chi connectivity index (χ4n) is 2.19. The van der Waals surface area contributed by atoms with Gasteiger partial charge in [-0.05, 0) is 43.9 Å². The van der Waals surface area contributed by atoms with E-state index in [1.54, 1.807) is 13.8 Å². The van der Waals surface area contributed by atoms with Gasteiger partial charge in [-0.2, -0.15) is 18.2 Å². The molecule has 0 saturated carbocycles. The molecule has 0 aliphatic rings. The highest BCUT2D eigenvalue weighted by Crippen LogP contribution is 2.35. The van der Waals surface area contributed by atoms with Crippen molar-refractivity contribution < 1.29 is 17.9 Å². The Morgan fingerprint density at radius 1 is 1.12 bits per heavy atom. The Morgan fingerprint density at radius 2 is 1.76 bits per heavy atom. The minimum atomic E-state index is -4.57. The summed E-state index contributed by atoms with van der Waals surface area (Å²) in [4.78, 5) is 7.64. The predicted molar refractivity (Wildman–Crippen MR) is 91.2 cm³/mol. The van der Waals surface area contributed by atoms with Gasteiger partial charge in [0, 0.05) is 11.9 Å². The molecule has 0 saturated heterocycles. The van der Waals surface area contributed by atoms with Crippen LogP contribution in [0.15, 0.2) is 30.5 Å². The summed E-state index contributed by atoms with van der Waals surface area (Å²) in [7, 11) is 0. The molecule has 0 bridgehead atoms. The smallest absolute Gasteiger partial charge is 0.423 e. The third kappa shape index (κ3) is 5.08. The van der Waals surface area contributed by atoms with E-state index in [0.717, 1.165) is 12.6 Å². The average molecular weight is 353 g/mol. The van der Waals surface area contributed by atoms with Gasteiger partial charge in [-0.15, -0.1) is 0 Å². The summed E-state index contributed by atoms with van der Waals surface area (Å²) >= 11 is 0. The first-order valence-corrected chi connectivity index (χ1v) is 8.18. The van der Waals surface area contributed by atoms with Crippen molar-refractivity contribution in [1.82, 2.24) is 9.97 Å². The second-order valence-corrected chi connectivity index (χ2v) is 6.13. The third-order valence-corrected chi connectivity index (χ3v) is 3.75. The summed E-state index contributed by atoms with van der Waals surface area (Å²) in [6, 6.07) is 7.66. The first-order valence-electron chi connectivity index (χ1n) is 8.18. The van der Waals surface area contributed by atoms with Crippen LogP contribution < -0.4 is 10.1 Å². The molecule has 1 aromatic heterocycles. The lowest BCUT2D eigenvalue weighted by atomic mass is 9.99. The molecule has 0 radical (unpaired) electrons. The summed E-state index contributed by atoms with van der Waals surface area (Å²) in [5.74, 6) is 0.0265. The average Bonchev–Trinajstić information content (AvgIpc) is 2.53. The van der Waals surface area contributed by atoms with Crippen LogP contribution in [0, 0.1) is 0 Å². The third-order valence-electron chi connectivity index (χ3n) is 3.75. The van der Waals surface area contributed by atoms with Crippen molar-refractivity contribution >= 4 is 11.6 Å². The minimum Gasteiger partial charge on any atom is -0.474 e. The lowest BCUT2D eigenvalue weighted by Gasteiger charge is -2.16. The normalized spacial score (nSPS) is 13.0. The maximum atomic E-state index is 13.0. The highest BCUT2D eigenvalue weighted by Gasteiger charge is 2.36. The van der Waals surface area contributed by atoms with E-state index >= 15 is 0 Å². The Balaban J connectivity index is 2.25. The van der Waals surface area contributed by atoms with E-state index in [9.17, 15) is 13.2 Å². The van der Waals surface area contributed by atoms with Crippen LogP contribution in [-0.4, -0.2) is 16.1 Å². The number of nitrogens with one attached hydrogen (secondary N) is 1. The summed E-state index contributed by atoms with van der Waals surface area (Å²) in [5, 5.41) is 2.91. The van der Waals surface area contributed by atoms with Crippen molar-refractivity contribution in [1.29, 1.82) is 0 Å². The zero-order chi connectivity index (χ0) is 18.6. The molecule has 0 amide bonds. The predicted octanol–water partition coefficient (Wildman–Crippen LogP) is 5.54. The van der Waals surface area contributed by atoms with Crippen molar-refractivity contribution in [2.45, 2.75) is 52.3 Å². The van der Waals surface area contributed by atoms with Crippen LogP contribution in [0.25, 0.3) is 0 Å². The molecule has 25 heavy (non-hydrogen) atoms. The Hall–Kier alpha value is -2.31. The lowest BCUT2D eigenvalue weighted by molar-refractivity contribution is -0.139. The van der Waals surface area contributed by atoms with Gasteiger partial charge in [-0.25, -0.2) is 4.98 Å². The fourth-order valence-corrected chi connectivity index (χ4v) is 2.19. The standard InChI is InChI=1S/C18H22F3N3O/c1-5-12(4)13-6-8-14(9-7-13)23-17-22-10-15(18(19,20)21)16(24-17)25-11(2)3/h6-12H,5H2,1-4H3,(H,22,23,24). The molecule has 2 aromatic rings. The Labute approximate surface area is 145 Å². The number of halogens is 3.